The first-order chi connectivity index (χ1) is 9.82. The number of carbonyl (C=O) groups excluding carboxylic acids is 2. The quantitative estimate of drug-likeness (QED) is 0.877. The van der Waals surface area contributed by atoms with Crippen LogP contribution in [0.5, 0.6) is 0 Å². The third kappa shape index (κ3) is 2.99. The van der Waals surface area contributed by atoms with Gasteiger partial charge in [0.15, 0.2) is 0 Å². The maximum absolute atomic E-state index is 12.4. The largest absolute Gasteiger partial charge is 0.345 e. The predicted octanol–water partition coefficient (Wildman–Crippen LogP) is 2.71. The van der Waals surface area contributed by atoms with Gasteiger partial charge in [-0.25, -0.2) is 4.79 Å². The highest BCUT2D eigenvalue weighted by molar-refractivity contribution is 6.36. The van der Waals surface area contributed by atoms with Crippen molar-refractivity contribution in [3.8, 4) is 0 Å². The molecule has 0 bridgehead atoms. The van der Waals surface area contributed by atoms with Crippen LogP contribution >= 0.6 is 23.2 Å². The Morgan fingerprint density at radius 2 is 1.81 bits per heavy atom. The number of urea groups is 1. The van der Waals surface area contributed by atoms with Crippen LogP contribution in [0.4, 0.5) is 4.79 Å². The average Bonchev–Trinajstić information content (AvgIpc) is 2.37. The second-order valence-electron chi connectivity index (χ2n) is 4.91. The first-order valence-corrected chi connectivity index (χ1v) is 7.02. The maximum atomic E-state index is 12.4. The number of nitrogens with one attached hydrogen (secondary N) is 2. The van der Waals surface area contributed by atoms with E-state index in [1.807, 2.05) is 0 Å². The van der Waals surface area contributed by atoms with Gasteiger partial charge < -0.3 is 15.5 Å². The van der Waals surface area contributed by atoms with Crippen LogP contribution < -0.4 is 10.6 Å². The molecular formula is C14H15Cl2N3O2. The molecule has 1 aromatic rings. The molecule has 1 unspecified atom stereocenters. The second-order valence-corrected chi connectivity index (χ2v) is 5.72. The van der Waals surface area contributed by atoms with Gasteiger partial charge in [-0.3, -0.25) is 4.79 Å². The first-order valence-electron chi connectivity index (χ1n) is 6.26. The Morgan fingerprint density at radius 3 is 2.33 bits per heavy atom. The molecule has 0 fully saturated rings. The Hall–Kier alpha value is -1.72. The van der Waals surface area contributed by atoms with Crippen molar-refractivity contribution in [3.05, 3.63) is 45.1 Å². The molecule has 1 aliphatic heterocycles. The Kier molecular flexibility index (Phi) is 4.44. The highest BCUT2D eigenvalue weighted by atomic mass is 35.5. The van der Waals surface area contributed by atoms with E-state index in [1.165, 1.54) is 4.90 Å². The summed E-state index contributed by atoms with van der Waals surface area (Å²) in [5.74, 6) is -0.221. The van der Waals surface area contributed by atoms with Gasteiger partial charge in [0.2, 0.25) is 0 Å². The molecule has 112 valence electrons. The number of nitrogens with zero attached hydrogens (tertiary/aromatic N) is 1. The van der Waals surface area contributed by atoms with Gasteiger partial charge in [0, 0.05) is 35.4 Å². The lowest BCUT2D eigenvalue weighted by Gasteiger charge is -2.31. The molecule has 3 amide bonds. The average molecular weight is 328 g/mol. The molecular weight excluding hydrogens is 313 g/mol. The molecule has 0 spiro atoms. The van der Waals surface area contributed by atoms with Gasteiger partial charge in [0.1, 0.15) is 0 Å². The van der Waals surface area contributed by atoms with Crippen molar-refractivity contribution in [3.63, 3.8) is 0 Å². The van der Waals surface area contributed by atoms with Gasteiger partial charge in [-0.1, -0.05) is 29.3 Å². The number of hydrogen-bond donors (Lipinski definition) is 2. The highest BCUT2D eigenvalue weighted by Gasteiger charge is 2.34. The highest BCUT2D eigenvalue weighted by Crippen LogP contribution is 2.36. The molecule has 21 heavy (non-hydrogen) atoms. The predicted molar refractivity (Wildman–Crippen MR) is 82.3 cm³/mol. The molecule has 1 aliphatic rings. The fourth-order valence-electron chi connectivity index (χ4n) is 2.22. The third-order valence-corrected chi connectivity index (χ3v) is 3.85. The topological polar surface area (TPSA) is 61.4 Å². The molecule has 1 atom stereocenters. The first kappa shape index (κ1) is 15.7. The van der Waals surface area contributed by atoms with Gasteiger partial charge in [-0.05, 0) is 19.1 Å². The number of benzene rings is 1. The van der Waals surface area contributed by atoms with Crippen LogP contribution in [-0.4, -0.2) is 30.9 Å². The number of halogens is 2. The molecule has 1 heterocycles. The van der Waals surface area contributed by atoms with Crippen molar-refractivity contribution >= 4 is 35.1 Å². The normalized spacial score (nSPS) is 18.1. The zero-order valence-corrected chi connectivity index (χ0v) is 13.3. The number of allylic oxidation sites excluding steroid dienone is 1. The number of likely N-dealkylation sites (N-methyl/N-ethyl adjacent to an activating group) is 1. The smallest absolute Gasteiger partial charge is 0.319 e. The van der Waals surface area contributed by atoms with Crippen molar-refractivity contribution in [2.24, 2.45) is 0 Å². The Balaban J connectivity index is 2.61. The fourth-order valence-corrected chi connectivity index (χ4v) is 2.84. The van der Waals surface area contributed by atoms with Crippen LogP contribution in [0.25, 0.3) is 0 Å². The molecule has 2 rings (SSSR count). The van der Waals surface area contributed by atoms with E-state index in [9.17, 15) is 9.59 Å². The summed E-state index contributed by atoms with van der Waals surface area (Å²) in [5.41, 5.74) is 1.41. The van der Waals surface area contributed by atoms with Crippen molar-refractivity contribution in [2.45, 2.75) is 13.0 Å². The molecule has 5 nitrogen and oxygen atoms in total. The van der Waals surface area contributed by atoms with E-state index in [0.29, 0.717) is 26.9 Å². The van der Waals surface area contributed by atoms with Gasteiger partial charge >= 0.3 is 6.03 Å². The monoisotopic (exact) mass is 327 g/mol. The van der Waals surface area contributed by atoms with Crippen LogP contribution in [-0.2, 0) is 4.79 Å². The van der Waals surface area contributed by atoms with Crippen molar-refractivity contribution in [1.82, 2.24) is 15.5 Å². The Morgan fingerprint density at radius 1 is 1.24 bits per heavy atom. The lowest BCUT2D eigenvalue weighted by Crippen LogP contribution is -2.47. The molecule has 0 saturated heterocycles. The lowest BCUT2D eigenvalue weighted by molar-refractivity contribution is -0.125. The second kappa shape index (κ2) is 5.95. The van der Waals surface area contributed by atoms with E-state index in [2.05, 4.69) is 10.6 Å². The van der Waals surface area contributed by atoms with Gasteiger partial charge in [-0.2, -0.15) is 0 Å². The summed E-state index contributed by atoms with van der Waals surface area (Å²) < 4.78 is 0. The van der Waals surface area contributed by atoms with Crippen LogP contribution in [0, 0.1) is 0 Å². The summed E-state index contributed by atoms with van der Waals surface area (Å²) in [6, 6.07) is 3.97. The SMILES string of the molecule is CC1=C(C(=O)N(C)C)C(c2c(Cl)cccc2Cl)NC(=O)N1. The Labute approximate surface area is 132 Å². The summed E-state index contributed by atoms with van der Waals surface area (Å²) in [4.78, 5) is 25.6. The van der Waals surface area contributed by atoms with Crippen LogP contribution in [0.15, 0.2) is 29.5 Å². The van der Waals surface area contributed by atoms with Crippen LogP contribution in [0.2, 0.25) is 10.0 Å². The zero-order chi connectivity index (χ0) is 15.7. The van der Waals surface area contributed by atoms with Crippen LogP contribution in [0.1, 0.15) is 18.5 Å². The maximum Gasteiger partial charge on any atom is 0.319 e. The number of hydrogen-bond acceptors (Lipinski definition) is 2. The molecule has 0 aliphatic carbocycles. The fraction of sp³-hybridized carbons (Fsp3) is 0.286. The Bertz CT molecular complexity index is 621. The molecule has 1 aromatic carbocycles. The van der Waals surface area contributed by atoms with Gasteiger partial charge in [0.25, 0.3) is 5.91 Å². The number of carbonyl (C=O) groups is 2. The standard InChI is InChI=1S/C14H15Cl2N3O2/c1-7-10(13(20)19(2)3)12(18-14(21)17-7)11-8(15)5-4-6-9(11)16/h4-6,12H,1-3H3,(H2,17,18,21). The summed E-state index contributed by atoms with van der Waals surface area (Å²) in [5, 5.41) is 6.10. The molecule has 7 heteroatoms. The van der Waals surface area contributed by atoms with E-state index in [-0.39, 0.29) is 5.91 Å². The van der Waals surface area contributed by atoms with E-state index in [0.717, 1.165) is 0 Å². The minimum Gasteiger partial charge on any atom is -0.345 e. The van der Waals surface area contributed by atoms with Crippen LogP contribution in [0.3, 0.4) is 0 Å². The van der Waals surface area contributed by atoms with Crippen molar-refractivity contribution in [2.75, 3.05) is 14.1 Å². The molecule has 0 saturated carbocycles. The summed E-state index contributed by atoms with van der Waals surface area (Å²) in [7, 11) is 3.29. The van der Waals surface area contributed by atoms with Crippen molar-refractivity contribution in [1.29, 1.82) is 0 Å². The van der Waals surface area contributed by atoms with Gasteiger partial charge in [-0.15, -0.1) is 0 Å². The molecule has 2 N–H and O–H groups in total. The number of rotatable bonds is 2. The van der Waals surface area contributed by atoms with Crippen molar-refractivity contribution < 1.29 is 9.59 Å². The van der Waals surface area contributed by atoms with Gasteiger partial charge in [0.05, 0.1) is 11.6 Å². The lowest BCUT2D eigenvalue weighted by atomic mass is 9.94. The molecule has 0 radical (unpaired) electrons. The third-order valence-electron chi connectivity index (χ3n) is 3.19. The van der Waals surface area contributed by atoms with E-state index in [4.69, 9.17) is 23.2 Å². The zero-order valence-electron chi connectivity index (χ0n) is 11.8. The molecule has 0 aromatic heterocycles. The summed E-state index contributed by atoms with van der Waals surface area (Å²) in [6.45, 7) is 1.67. The summed E-state index contributed by atoms with van der Waals surface area (Å²) in [6.07, 6.45) is 0. The summed E-state index contributed by atoms with van der Waals surface area (Å²) >= 11 is 12.4. The van der Waals surface area contributed by atoms with E-state index in [1.54, 1.807) is 39.2 Å². The minimum atomic E-state index is -0.685. The van der Waals surface area contributed by atoms with E-state index >= 15 is 0 Å². The van der Waals surface area contributed by atoms with E-state index < -0.39 is 12.1 Å². The number of amides is 3. The minimum absolute atomic E-state index is 0.221.